The number of nitrogens with zero attached hydrogens (tertiary/aromatic N) is 3. The van der Waals surface area contributed by atoms with E-state index in [0.29, 0.717) is 31.2 Å². The molecule has 0 bridgehead atoms. The van der Waals surface area contributed by atoms with Crippen molar-refractivity contribution < 1.29 is 13.2 Å². The first-order chi connectivity index (χ1) is 11.6. The molecule has 0 radical (unpaired) electrons. The molecule has 0 N–H and O–H groups in total. The molecule has 128 valence electrons. The highest BCUT2D eigenvalue weighted by Gasteiger charge is 2.26. The molecule has 24 heavy (non-hydrogen) atoms. The number of aromatic nitrogens is 1. The predicted molar refractivity (Wildman–Crippen MR) is 92.8 cm³/mol. The van der Waals surface area contributed by atoms with Gasteiger partial charge in [-0.05, 0) is 43.2 Å². The summed E-state index contributed by atoms with van der Waals surface area (Å²) in [6.07, 6.45) is 2.41. The number of hydrogen-bond acceptors (Lipinski definition) is 5. The van der Waals surface area contributed by atoms with Crippen LogP contribution in [0.4, 0.5) is 5.82 Å². The Labute approximate surface area is 142 Å². The van der Waals surface area contributed by atoms with E-state index in [1.807, 2.05) is 18.2 Å². The van der Waals surface area contributed by atoms with Gasteiger partial charge in [0.25, 0.3) is 0 Å². The Morgan fingerprint density at radius 3 is 2.46 bits per heavy atom. The summed E-state index contributed by atoms with van der Waals surface area (Å²) >= 11 is 0. The molecule has 2 fully saturated rings. The second-order valence-electron chi connectivity index (χ2n) is 6.23. The van der Waals surface area contributed by atoms with Gasteiger partial charge in [-0.15, -0.1) is 0 Å². The number of ether oxygens (including phenoxy) is 1. The number of sulfonamides is 1. The van der Waals surface area contributed by atoms with E-state index >= 15 is 0 Å². The molecule has 2 aliphatic rings. The second-order valence-corrected chi connectivity index (χ2v) is 8.17. The molecule has 2 aliphatic heterocycles. The van der Waals surface area contributed by atoms with E-state index in [4.69, 9.17) is 9.72 Å². The summed E-state index contributed by atoms with van der Waals surface area (Å²) in [6.45, 7) is 3.81. The Kier molecular flexibility index (Phi) is 4.15. The largest absolute Gasteiger partial charge is 0.379 e. The van der Waals surface area contributed by atoms with Crippen LogP contribution in [-0.4, -0.2) is 57.1 Å². The van der Waals surface area contributed by atoms with Crippen molar-refractivity contribution in [1.82, 2.24) is 9.29 Å². The standard InChI is InChI=1S/C17H21N3O3S/c21-24(22,20-9-11-23-12-10-20)15-4-5-16-14(13-15)3-6-17(18-16)19-7-1-2-8-19/h3-6,13H,1-2,7-12H2. The van der Waals surface area contributed by atoms with Gasteiger partial charge >= 0.3 is 0 Å². The van der Waals surface area contributed by atoms with E-state index in [0.717, 1.165) is 29.8 Å². The van der Waals surface area contributed by atoms with Crippen LogP contribution < -0.4 is 4.90 Å². The van der Waals surface area contributed by atoms with Crippen LogP contribution in [0.1, 0.15) is 12.8 Å². The lowest BCUT2D eigenvalue weighted by Gasteiger charge is -2.26. The highest BCUT2D eigenvalue weighted by molar-refractivity contribution is 7.89. The Morgan fingerprint density at radius 1 is 0.958 bits per heavy atom. The molecule has 7 heteroatoms. The number of morpholine rings is 1. The number of hydrogen-bond donors (Lipinski definition) is 0. The Balaban J connectivity index is 1.66. The molecule has 0 saturated carbocycles. The highest BCUT2D eigenvalue weighted by atomic mass is 32.2. The molecule has 0 unspecified atom stereocenters. The Bertz CT molecular complexity index is 841. The quantitative estimate of drug-likeness (QED) is 0.848. The predicted octanol–water partition coefficient (Wildman–Crippen LogP) is 1.86. The molecule has 6 nitrogen and oxygen atoms in total. The van der Waals surface area contributed by atoms with Gasteiger partial charge in [0.05, 0.1) is 23.6 Å². The van der Waals surface area contributed by atoms with Crippen molar-refractivity contribution in [2.45, 2.75) is 17.7 Å². The van der Waals surface area contributed by atoms with Crippen molar-refractivity contribution in [2.24, 2.45) is 0 Å². The van der Waals surface area contributed by atoms with Crippen LogP contribution in [-0.2, 0) is 14.8 Å². The summed E-state index contributed by atoms with van der Waals surface area (Å²) in [4.78, 5) is 7.29. The lowest BCUT2D eigenvalue weighted by atomic mass is 10.2. The minimum Gasteiger partial charge on any atom is -0.379 e. The molecule has 3 heterocycles. The van der Waals surface area contributed by atoms with Gasteiger partial charge in [-0.25, -0.2) is 13.4 Å². The number of benzene rings is 1. The first-order valence-corrected chi connectivity index (χ1v) is 9.82. The van der Waals surface area contributed by atoms with Gasteiger partial charge < -0.3 is 9.64 Å². The smallest absolute Gasteiger partial charge is 0.243 e. The highest BCUT2D eigenvalue weighted by Crippen LogP contribution is 2.25. The van der Waals surface area contributed by atoms with E-state index in [1.165, 1.54) is 17.1 Å². The van der Waals surface area contributed by atoms with Crippen LogP contribution in [0.25, 0.3) is 10.9 Å². The maximum absolute atomic E-state index is 12.7. The van der Waals surface area contributed by atoms with Crippen LogP contribution in [0, 0.1) is 0 Å². The van der Waals surface area contributed by atoms with Crippen LogP contribution in [0.5, 0.6) is 0 Å². The molecule has 0 aliphatic carbocycles. The summed E-state index contributed by atoms with van der Waals surface area (Å²) in [5.74, 6) is 0.976. The fourth-order valence-electron chi connectivity index (χ4n) is 3.31. The average molecular weight is 347 g/mol. The van der Waals surface area contributed by atoms with Crippen molar-refractivity contribution in [3.05, 3.63) is 30.3 Å². The van der Waals surface area contributed by atoms with Crippen molar-refractivity contribution >= 4 is 26.7 Å². The molecule has 1 aromatic heterocycles. The fraction of sp³-hybridized carbons (Fsp3) is 0.471. The number of fused-ring (bicyclic) bond motifs is 1. The summed E-state index contributed by atoms with van der Waals surface area (Å²) in [6, 6.07) is 9.14. The van der Waals surface area contributed by atoms with Crippen LogP contribution in [0.15, 0.2) is 35.2 Å². The maximum Gasteiger partial charge on any atom is 0.243 e. The Hall–Kier alpha value is -1.70. The van der Waals surface area contributed by atoms with Crippen LogP contribution >= 0.6 is 0 Å². The maximum atomic E-state index is 12.7. The summed E-state index contributed by atoms with van der Waals surface area (Å²) < 4.78 is 32.2. The van der Waals surface area contributed by atoms with E-state index in [2.05, 4.69) is 4.90 Å². The van der Waals surface area contributed by atoms with Gasteiger partial charge in [0.2, 0.25) is 10.0 Å². The number of rotatable bonds is 3. The minimum atomic E-state index is -3.46. The van der Waals surface area contributed by atoms with Gasteiger partial charge in [-0.1, -0.05) is 0 Å². The third-order valence-corrected chi connectivity index (χ3v) is 6.58. The lowest BCUT2D eigenvalue weighted by molar-refractivity contribution is 0.0730. The minimum absolute atomic E-state index is 0.327. The van der Waals surface area contributed by atoms with Crippen molar-refractivity contribution in [1.29, 1.82) is 0 Å². The monoisotopic (exact) mass is 347 g/mol. The molecule has 1 aromatic carbocycles. The molecule has 2 saturated heterocycles. The van der Waals surface area contributed by atoms with Crippen molar-refractivity contribution in [3.63, 3.8) is 0 Å². The summed E-state index contributed by atoms with van der Waals surface area (Å²) in [5, 5.41) is 0.854. The van der Waals surface area contributed by atoms with Gasteiger partial charge in [0, 0.05) is 31.6 Å². The molecule has 2 aromatic rings. The van der Waals surface area contributed by atoms with Crippen LogP contribution in [0.2, 0.25) is 0 Å². The fourth-order valence-corrected chi connectivity index (χ4v) is 4.76. The average Bonchev–Trinajstić information content (AvgIpc) is 3.16. The van der Waals surface area contributed by atoms with E-state index in [1.54, 1.807) is 12.1 Å². The number of anilines is 1. The van der Waals surface area contributed by atoms with E-state index in [-0.39, 0.29) is 0 Å². The van der Waals surface area contributed by atoms with Crippen molar-refractivity contribution in [3.8, 4) is 0 Å². The van der Waals surface area contributed by atoms with E-state index < -0.39 is 10.0 Å². The van der Waals surface area contributed by atoms with Crippen LogP contribution in [0.3, 0.4) is 0 Å². The third kappa shape index (κ3) is 2.87. The second kappa shape index (κ2) is 6.31. The molecule has 4 rings (SSSR count). The van der Waals surface area contributed by atoms with Crippen molar-refractivity contribution in [2.75, 3.05) is 44.3 Å². The molecule has 0 amide bonds. The molecular weight excluding hydrogens is 326 g/mol. The van der Waals surface area contributed by atoms with Gasteiger partial charge in [-0.2, -0.15) is 4.31 Å². The number of pyridine rings is 1. The first-order valence-electron chi connectivity index (χ1n) is 8.38. The molecular formula is C17H21N3O3S. The summed E-state index contributed by atoms with van der Waals surface area (Å²) in [7, 11) is -3.46. The van der Waals surface area contributed by atoms with E-state index in [9.17, 15) is 8.42 Å². The topological polar surface area (TPSA) is 62.7 Å². The zero-order chi connectivity index (χ0) is 16.6. The zero-order valence-corrected chi connectivity index (χ0v) is 14.3. The third-order valence-electron chi connectivity index (χ3n) is 4.68. The lowest BCUT2D eigenvalue weighted by Crippen LogP contribution is -2.40. The molecule has 0 spiro atoms. The normalized spacial score (nSPS) is 19.9. The van der Waals surface area contributed by atoms with Gasteiger partial charge in [-0.3, -0.25) is 0 Å². The first kappa shape index (κ1) is 15.8. The zero-order valence-electron chi connectivity index (χ0n) is 13.5. The molecule has 0 atom stereocenters. The van der Waals surface area contributed by atoms with Gasteiger partial charge in [0.1, 0.15) is 5.82 Å². The SMILES string of the molecule is O=S(=O)(c1ccc2nc(N3CCCC3)ccc2c1)N1CCOCC1. The summed E-state index contributed by atoms with van der Waals surface area (Å²) in [5.41, 5.74) is 0.834. The Morgan fingerprint density at radius 2 is 1.71 bits per heavy atom. The van der Waals surface area contributed by atoms with Gasteiger partial charge in [0.15, 0.2) is 0 Å².